The molecule has 0 aromatic carbocycles. The Hall–Kier alpha value is -2.12. The highest BCUT2D eigenvalue weighted by Crippen LogP contribution is 2.27. The summed E-state index contributed by atoms with van der Waals surface area (Å²) >= 11 is 0. The van der Waals surface area contributed by atoms with E-state index in [0.717, 1.165) is 0 Å². The fourth-order valence-corrected chi connectivity index (χ4v) is 2.63. The summed E-state index contributed by atoms with van der Waals surface area (Å²) in [5, 5.41) is 45.3. The van der Waals surface area contributed by atoms with Crippen LogP contribution in [-0.4, -0.2) is 86.7 Å². The summed E-state index contributed by atoms with van der Waals surface area (Å²) in [5.74, 6) is -0.605. The van der Waals surface area contributed by atoms with Gasteiger partial charge in [-0.05, 0) is 0 Å². The lowest BCUT2D eigenvalue weighted by molar-refractivity contribution is -0.219. The highest BCUT2D eigenvalue weighted by atomic mass is 16.5. The predicted molar refractivity (Wildman–Crippen MR) is 86.4 cm³/mol. The molecule has 6 N–H and O–H groups in total. The summed E-state index contributed by atoms with van der Waals surface area (Å²) in [6.45, 7) is 1.12. The maximum Gasteiger partial charge on any atom is 0.233 e. The first kappa shape index (κ1) is 20.2. The first-order valence-electron chi connectivity index (χ1n) is 8.09. The van der Waals surface area contributed by atoms with Gasteiger partial charge in [0.15, 0.2) is 6.23 Å². The van der Waals surface area contributed by atoms with E-state index in [9.17, 15) is 24.9 Å². The second kappa shape index (κ2) is 9.00. The molecule has 2 heterocycles. The number of aliphatic hydroxyl groups is 3. The number of rotatable bonds is 7. The summed E-state index contributed by atoms with van der Waals surface area (Å²) in [6, 6.07) is -0.987. The Morgan fingerprint density at radius 3 is 2.69 bits per heavy atom. The highest BCUT2D eigenvalue weighted by molar-refractivity contribution is 5.77. The van der Waals surface area contributed by atoms with Crippen LogP contribution < -0.4 is 16.0 Å². The number of ether oxygens (including phenoxy) is 1. The summed E-state index contributed by atoms with van der Waals surface area (Å²) in [5.41, 5.74) is 0.500. The molecule has 1 fully saturated rings. The van der Waals surface area contributed by atoms with Crippen LogP contribution in [-0.2, 0) is 20.9 Å². The zero-order valence-corrected chi connectivity index (χ0v) is 14.5. The molecule has 1 aliphatic rings. The maximum atomic E-state index is 11.4. The van der Waals surface area contributed by atoms with Crippen molar-refractivity contribution in [3.05, 3.63) is 11.9 Å². The molecule has 0 aliphatic carbocycles. The van der Waals surface area contributed by atoms with Crippen molar-refractivity contribution in [2.75, 3.05) is 20.2 Å². The van der Waals surface area contributed by atoms with Crippen LogP contribution in [0.2, 0.25) is 0 Å². The Bertz CT molecular complexity index is 625. The van der Waals surface area contributed by atoms with Crippen LogP contribution >= 0.6 is 0 Å². The molecular formula is C14H24N6O6. The highest BCUT2D eigenvalue weighted by Gasteiger charge is 2.46. The molecule has 0 unspecified atom stereocenters. The lowest BCUT2D eigenvalue weighted by Gasteiger charge is -2.42. The van der Waals surface area contributed by atoms with Gasteiger partial charge in [0.1, 0.15) is 24.4 Å². The topological polar surface area (TPSA) is 171 Å². The second-order valence-corrected chi connectivity index (χ2v) is 5.92. The first-order chi connectivity index (χ1) is 12.4. The summed E-state index contributed by atoms with van der Waals surface area (Å²) < 4.78 is 6.88. The van der Waals surface area contributed by atoms with Crippen LogP contribution in [0.25, 0.3) is 0 Å². The van der Waals surface area contributed by atoms with Gasteiger partial charge in [-0.25, -0.2) is 4.68 Å². The SMILES string of the molecule is CNC(=O)CNCc1cn([C@@H]2O[C@H](CO)[C@@H](O)[C@H](O)[C@H]2NC(C)=O)nn1. The van der Waals surface area contributed by atoms with E-state index in [1.807, 2.05) is 0 Å². The van der Waals surface area contributed by atoms with Crippen molar-refractivity contribution >= 4 is 11.8 Å². The van der Waals surface area contributed by atoms with Crippen LogP contribution in [0, 0.1) is 0 Å². The van der Waals surface area contributed by atoms with Gasteiger partial charge < -0.3 is 36.0 Å². The number of hydrogen-bond donors (Lipinski definition) is 6. The molecule has 1 aliphatic heterocycles. The summed E-state index contributed by atoms with van der Waals surface area (Å²) in [4.78, 5) is 22.6. The van der Waals surface area contributed by atoms with Gasteiger partial charge >= 0.3 is 0 Å². The van der Waals surface area contributed by atoms with Gasteiger partial charge in [0.05, 0.1) is 25.0 Å². The predicted octanol–water partition coefficient (Wildman–Crippen LogP) is -3.77. The average molecular weight is 372 g/mol. The third-order valence-electron chi connectivity index (χ3n) is 3.96. The van der Waals surface area contributed by atoms with Gasteiger partial charge in [0, 0.05) is 20.5 Å². The van der Waals surface area contributed by atoms with Crippen LogP contribution in [0.5, 0.6) is 0 Å². The van der Waals surface area contributed by atoms with Crippen molar-refractivity contribution in [2.24, 2.45) is 0 Å². The maximum absolute atomic E-state index is 11.4. The Morgan fingerprint density at radius 1 is 1.35 bits per heavy atom. The van der Waals surface area contributed by atoms with Gasteiger partial charge in [-0.3, -0.25) is 9.59 Å². The van der Waals surface area contributed by atoms with Gasteiger partial charge in [0.25, 0.3) is 0 Å². The summed E-state index contributed by atoms with van der Waals surface area (Å²) in [6.07, 6.45) is -3.23. The molecule has 1 saturated heterocycles. The smallest absolute Gasteiger partial charge is 0.233 e. The van der Waals surface area contributed by atoms with Crippen LogP contribution in [0.1, 0.15) is 18.8 Å². The van der Waals surface area contributed by atoms with E-state index < -0.39 is 43.1 Å². The monoisotopic (exact) mass is 372 g/mol. The van der Waals surface area contributed by atoms with Gasteiger partial charge in [-0.2, -0.15) is 0 Å². The Labute approximate surface area is 149 Å². The number of nitrogens with zero attached hydrogens (tertiary/aromatic N) is 3. The summed E-state index contributed by atoms with van der Waals surface area (Å²) in [7, 11) is 1.53. The molecule has 0 bridgehead atoms. The van der Waals surface area contributed by atoms with Crippen molar-refractivity contribution in [1.82, 2.24) is 30.9 Å². The van der Waals surface area contributed by atoms with Crippen LogP contribution in [0.15, 0.2) is 6.20 Å². The third-order valence-corrected chi connectivity index (χ3v) is 3.96. The van der Waals surface area contributed by atoms with Crippen molar-refractivity contribution in [3.8, 4) is 0 Å². The van der Waals surface area contributed by atoms with E-state index in [1.54, 1.807) is 0 Å². The van der Waals surface area contributed by atoms with E-state index >= 15 is 0 Å². The van der Waals surface area contributed by atoms with E-state index in [2.05, 4.69) is 26.3 Å². The molecule has 1 aromatic rings. The Morgan fingerprint density at radius 2 is 2.08 bits per heavy atom. The molecule has 12 nitrogen and oxygen atoms in total. The van der Waals surface area contributed by atoms with Crippen LogP contribution in [0.3, 0.4) is 0 Å². The number of likely N-dealkylation sites (N-methyl/N-ethyl adjacent to an activating group) is 1. The molecule has 1 aromatic heterocycles. The van der Waals surface area contributed by atoms with Gasteiger partial charge in [-0.15, -0.1) is 5.10 Å². The molecule has 26 heavy (non-hydrogen) atoms. The van der Waals surface area contributed by atoms with Crippen molar-refractivity contribution in [1.29, 1.82) is 0 Å². The zero-order chi connectivity index (χ0) is 19.3. The van der Waals surface area contributed by atoms with E-state index in [0.29, 0.717) is 5.69 Å². The fourth-order valence-electron chi connectivity index (χ4n) is 2.63. The molecule has 0 radical (unpaired) electrons. The molecule has 146 valence electrons. The lowest BCUT2D eigenvalue weighted by atomic mass is 9.96. The third kappa shape index (κ3) is 4.74. The molecule has 0 spiro atoms. The number of nitrogens with one attached hydrogen (secondary N) is 3. The minimum absolute atomic E-state index is 0.106. The quantitative estimate of drug-likeness (QED) is 0.281. The standard InChI is InChI=1S/C14H24N6O6/c1-7(22)17-11-13(25)12(24)9(6-21)26-14(11)20-5-8(18-19-20)3-16-4-10(23)15-2/h5,9,11-14,16,21,24-25H,3-4,6H2,1-2H3,(H,15,23)(H,17,22)/t9-,11-,12-,13-,14-/m1/s1. The normalized spacial score (nSPS) is 28.6. The van der Waals surface area contributed by atoms with Gasteiger partial charge in [-0.1, -0.05) is 5.21 Å². The lowest BCUT2D eigenvalue weighted by Crippen LogP contribution is -2.62. The molecule has 5 atom stereocenters. The van der Waals surface area contributed by atoms with Crippen LogP contribution in [0.4, 0.5) is 0 Å². The van der Waals surface area contributed by atoms with E-state index in [-0.39, 0.29) is 19.0 Å². The average Bonchev–Trinajstić information content (AvgIpc) is 3.07. The molecular weight excluding hydrogens is 348 g/mol. The van der Waals surface area contributed by atoms with E-state index in [4.69, 9.17) is 4.74 Å². The number of carbonyl (C=O) groups excluding carboxylic acids is 2. The number of hydrogen-bond acceptors (Lipinski definition) is 9. The van der Waals surface area contributed by atoms with Crippen molar-refractivity contribution in [2.45, 2.75) is 44.1 Å². The van der Waals surface area contributed by atoms with Gasteiger partial charge in [0.2, 0.25) is 11.8 Å². The number of aromatic nitrogens is 3. The number of aliphatic hydroxyl groups excluding tert-OH is 3. The van der Waals surface area contributed by atoms with Crippen molar-refractivity contribution < 1.29 is 29.6 Å². The second-order valence-electron chi connectivity index (χ2n) is 5.92. The molecule has 0 saturated carbocycles. The zero-order valence-electron chi connectivity index (χ0n) is 14.5. The largest absolute Gasteiger partial charge is 0.394 e. The van der Waals surface area contributed by atoms with Crippen molar-refractivity contribution in [3.63, 3.8) is 0 Å². The molecule has 2 rings (SSSR count). The fraction of sp³-hybridized carbons (Fsp3) is 0.714. The molecule has 12 heteroatoms. The Kier molecular flexibility index (Phi) is 6.99. The Balaban J connectivity index is 2.12. The van der Waals surface area contributed by atoms with E-state index in [1.165, 1.54) is 24.9 Å². The first-order valence-corrected chi connectivity index (χ1v) is 8.09. The number of amides is 2. The minimum atomic E-state index is -1.37. The minimum Gasteiger partial charge on any atom is -0.394 e. The number of carbonyl (C=O) groups is 2. The molecule has 2 amide bonds.